The summed E-state index contributed by atoms with van der Waals surface area (Å²) in [6, 6.07) is 0.661. The van der Waals surface area contributed by atoms with Gasteiger partial charge >= 0.3 is 0 Å². The fourth-order valence-corrected chi connectivity index (χ4v) is 3.77. The molecule has 1 aliphatic heterocycles. The van der Waals surface area contributed by atoms with Crippen molar-refractivity contribution in [3.05, 3.63) is 0 Å². The molecule has 19 heavy (non-hydrogen) atoms. The van der Waals surface area contributed by atoms with Gasteiger partial charge in [0.1, 0.15) is 0 Å². The van der Waals surface area contributed by atoms with E-state index in [1.54, 1.807) is 0 Å². The van der Waals surface area contributed by atoms with Crippen LogP contribution in [0.25, 0.3) is 0 Å². The van der Waals surface area contributed by atoms with Crippen LogP contribution < -0.4 is 5.32 Å². The van der Waals surface area contributed by atoms with Gasteiger partial charge in [-0.2, -0.15) is 0 Å². The molecule has 0 radical (unpaired) electrons. The Hall–Kier alpha value is -0.0800. The van der Waals surface area contributed by atoms with Crippen molar-refractivity contribution in [2.75, 3.05) is 26.2 Å². The molecule has 0 bridgehead atoms. The second-order valence-electron chi connectivity index (χ2n) is 8.32. The normalized spacial score (nSPS) is 30.6. The lowest BCUT2D eigenvalue weighted by Crippen LogP contribution is -2.47. The highest BCUT2D eigenvalue weighted by molar-refractivity contribution is 4.94. The molecule has 3 fully saturated rings. The summed E-state index contributed by atoms with van der Waals surface area (Å²) in [6.07, 6.45) is 7.42. The SMILES string of the molecule is CC(C)(C)C1CN(CC(C2CC2)C2CC2)CCCN1. The fourth-order valence-electron chi connectivity index (χ4n) is 3.77. The molecule has 2 aliphatic carbocycles. The minimum Gasteiger partial charge on any atom is -0.312 e. The van der Waals surface area contributed by atoms with Crippen LogP contribution in [0.15, 0.2) is 0 Å². The largest absolute Gasteiger partial charge is 0.312 e. The number of rotatable bonds is 4. The van der Waals surface area contributed by atoms with Crippen molar-refractivity contribution in [3.8, 4) is 0 Å². The van der Waals surface area contributed by atoms with Gasteiger partial charge in [-0.1, -0.05) is 20.8 Å². The average Bonchev–Trinajstić information content (AvgIpc) is 3.18. The molecule has 3 rings (SSSR count). The van der Waals surface area contributed by atoms with E-state index in [9.17, 15) is 0 Å². The van der Waals surface area contributed by atoms with Crippen LogP contribution in [-0.4, -0.2) is 37.1 Å². The van der Waals surface area contributed by atoms with Crippen LogP contribution in [0.5, 0.6) is 0 Å². The van der Waals surface area contributed by atoms with Crippen molar-refractivity contribution in [2.24, 2.45) is 23.2 Å². The average molecular weight is 264 g/mol. The maximum absolute atomic E-state index is 3.77. The smallest absolute Gasteiger partial charge is 0.0243 e. The Labute approximate surface area is 119 Å². The predicted octanol–water partition coefficient (Wildman–Crippen LogP) is 3.13. The quantitative estimate of drug-likeness (QED) is 0.839. The van der Waals surface area contributed by atoms with E-state index < -0.39 is 0 Å². The molecule has 0 aromatic rings. The van der Waals surface area contributed by atoms with Crippen LogP contribution >= 0.6 is 0 Å². The van der Waals surface area contributed by atoms with Crippen LogP contribution in [0.3, 0.4) is 0 Å². The lowest BCUT2D eigenvalue weighted by molar-refractivity contribution is 0.163. The Morgan fingerprint density at radius 1 is 1.11 bits per heavy atom. The molecule has 2 heteroatoms. The summed E-state index contributed by atoms with van der Waals surface area (Å²) >= 11 is 0. The maximum Gasteiger partial charge on any atom is 0.0243 e. The molecule has 2 nitrogen and oxygen atoms in total. The lowest BCUT2D eigenvalue weighted by atomic mass is 9.86. The molecule has 1 saturated heterocycles. The highest BCUT2D eigenvalue weighted by Crippen LogP contribution is 2.49. The highest BCUT2D eigenvalue weighted by atomic mass is 15.2. The highest BCUT2D eigenvalue weighted by Gasteiger charge is 2.42. The van der Waals surface area contributed by atoms with Crippen molar-refractivity contribution in [3.63, 3.8) is 0 Å². The van der Waals surface area contributed by atoms with Gasteiger partial charge in [0.15, 0.2) is 0 Å². The minimum atomic E-state index is 0.386. The van der Waals surface area contributed by atoms with E-state index in [-0.39, 0.29) is 0 Å². The molecular weight excluding hydrogens is 232 g/mol. The van der Waals surface area contributed by atoms with Crippen molar-refractivity contribution >= 4 is 0 Å². The second kappa shape index (κ2) is 5.37. The summed E-state index contributed by atoms with van der Waals surface area (Å²) in [4.78, 5) is 2.79. The first-order chi connectivity index (χ1) is 9.04. The third-order valence-electron chi connectivity index (χ3n) is 5.45. The van der Waals surface area contributed by atoms with Crippen molar-refractivity contribution in [1.29, 1.82) is 0 Å². The molecule has 0 aromatic heterocycles. The van der Waals surface area contributed by atoms with Gasteiger partial charge in [-0.05, 0) is 68.4 Å². The zero-order valence-electron chi connectivity index (χ0n) is 13.1. The first kappa shape index (κ1) is 13.9. The van der Waals surface area contributed by atoms with Crippen LogP contribution in [0.2, 0.25) is 0 Å². The molecular formula is C17H32N2. The van der Waals surface area contributed by atoms with Gasteiger partial charge in [0.2, 0.25) is 0 Å². The molecule has 1 heterocycles. The molecule has 1 atom stereocenters. The third kappa shape index (κ3) is 3.72. The molecule has 2 saturated carbocycles. The lowest BCUT2D eigenvalue weighted by Gasteiger charge is -2.35. The number of hydrogen-bond acceptors (Lipinski definition) is 2. The van der Waals surface area contributed by atoms with Crippen LogP contribution in [0.1, 0.15) is 52.9 Å². The first-order valence-corrected chi connectivity index (χ1v) is 8.50. The standard InChI is InChI=1S/C17H32N2/c1-17(2,3)16-12-19(10-4-9-18-16)11-15(13-5-6-13)14-7-8-14/h13-16,18H,4-12H2,1-3H3. The third-order valence-corrected chi connectivity index (χ3v) is 5.45. The zero-order chi connectivity index (χ0) is 13.5. The number of hydrogen-bond donors (Lipinski definition) is 1. The van der Waals surface area contributed by atoms with Gasteiger partial charge in [0, 0.05) is 19.1 Å². The van der Waals surface area contributed by atoms with Crippen molar-refractivity contribution < 1.29 is 0 Å². The minimum absolute atomic E-state index is 0.386. The maximum atomic E-state index is 3.77. The number of nitrogens with one attached hydrogen (secondary N) is 1. The van der Waals surface area contributed by atoms with Crippen molar-refractivity contribution in [2.45, 2.75) is 58.9 Å². The second-order valence-corrected chi connectivity index (χ2v) is 8.32. The summed E-state index contributed by atoms with van der Waals surface area (Å²) < 4.78 is 0. The van der Waals surface area contributed by atoms with Gasteiger partial charge in [0.25, 0.3) is 0 Å². The van der Waals surface area contributed by atoms with Gasteiger partial charge in [-0.3, -0.25) is 0 Å². The van der Waals surface area contributed by atoms with Gasteiger partial charge in [-0.25, -0.2) is 0 Å². The summed E-state index contributed by atoms with van der Waals surface area (Å²) in [5, 5.41) is 3.77. The van der Waals surface area contributed by atoms with Crippen LogP contribution in [0.4, 0.5) is 0 Å². The molecule has 0 amide bonds. The predicted molar refractivity (Wildman–Crippen MR) is 81.2 cm³/mol. The van der Waals surface area contributed by atoms with Gasteiger partial charge < -0.3 is 10.2 Å². The number of nitrogens with zero attached hydrogens (tertiary/aromatic N) is 1. The molecule has 3 aliphatic rings. The summed E-state index contributed by atoms with van der Waals surface area (Å²) in [7, 11) is 0. The molecule has 1 N–H and O–H groups in total. The van der Waals surface area contributed by atoms with Crippen LogP contribution in [0, 0.1) is 23.2 Å². The molecule has 0 aromatic carbocycles. The van der Waals surface area contributed by atoms with E-state index in [1.807, 2.05) is 0 Å². The topological polar surface area (TPSA) is 15.3 Å². The summed E-state index contributed by atoms with van der Waals surface area (Å²) in [5.41, 5.74) is 0.386. The Balaban J connectivity index is 1.58. The first-order valence-electron chi connectivity index (χ1n) is 8.50. The van der Waals surface area contributed by atoms with E-state index in [4.69, 9.17) is 0 Å². The molecule has 110 valence electrons. The Morgan fingerprint density at radius 3 is 2.26 bits per heavy atom. The van der Waals surface area contributed by atoms with E-state index in [1.165, 1.54) is 58.3 Å². The summed E-state index contributed by atoms with van der Waals surface area (Å²) in [5.74, 6) is 3.23. The summed E-state index contributed by atoms with van der Waals surface area (Å²) in [6.45, 7) is 12.3. The molecule has 1 unspecified atom stereocenters. The fraction of sp³-hybridized carbons (Fsp3) is 1.00. The van der Waals surface area contributed by atoms with E-state index in [0.29, 0.717) is 11.5 Å². The monoisotopic (exact) mass is 264 g/mol. The Morgan fingerprint density at radius 2 is 1.74 bits per heavy atom. The van der Waals surface area contributed by atoms with E-state index in [2.05, 4.69) is 31.0 Å². The van der Waals surface area contributed by atoms with Crippen LogP contribution in [-0.2, 0) is 0 Å². The van der Waals surface area contributed by atoms with Gasteiger partial charge in [0.05, 0.1) is 0 Å². The zero-order valence-corrected chi connectivity index (χ0v) is 13.1. The Bertz CT molecular complexity index is 287. The van der Waals surface area contributed by atoms with Crippen molar-refractivity contribution in [1.82, 2.24) is 10.2 Å². The van der Waals surface area contributed by atoms with Gasteiger partial charge in [-0.15, -0.1) is 0 Å². The molecule has 0 spiro atoms. The Kier molecular flexibility index (Phi) is 3.92. The van der Waals surface area contributed by atoms with E-state index >= 15 is 0 Å². The van der Waals surface area contributed by atoms with E-state index in [0.717, 1.165) is 17.8 Å².